The van der Waals surface area contributed by atoms with Crippen LogP contribution < -0.4 is 19.3 Å². The SMILES string of the molecule is [2H]c1c(C([2H])([2H])[2H])c([2H])c2c3ccc4cc3n(c2c1[2H])-c1cc(C([2H])([2H])[2H])c(cn1)-c1ccccc1Oc1ccccc1-c1cc(C([2H])([2H])C(C)C)cc(-c2ccccc2)c1N1CN(c2cccc(c2)O4)c2ccccc21. The standard InChI is InChI=1S/C60H48N4O2/c1-38(2)29-41-32-49(42-15-6-5-7-16-42)60-51(33-41)47-19-8-12-23-57(47)66-58-24-13-9-20-48(58)52-36-61-59(31-40(52)4)64-53-28-25-39(3)30-50(53)46-27-26-45(35-56(46)64)65-44-18-14-17-43(34-44)62-37-63(60)55-22-11-10-21-54(55)62/h5-28,30-36,38H,29,37H2,1-4H3/i3D3,4D3,25D,28D,29D2,30D. The molecule has 6 heteroatoms. The number of para-hydroxylation sites is 4. The van der Waals surface area contributed by atoms with E-state index in [1.807, 2.05) is 117 Å². The van der Waals surface area contributed by atoms with E-state index in [0.29, 0.717) is 62.8 Å². The number of pyridine rings is 1. The van der Waals surface area contributed by atoms with Crippen molar-refractivity contribution in [3.8, 4) is 62.2 Å². The third-order valence-electron chi connectivity index (χ3n) is 12.2. The number of aromatic nitrogens is 2. The quantitative estimate of drug-likeness (QED) is 0.177. The number of ether oxygens (including phenoxy) is 2. The minimum absolute atomic E-state index is 0.00580. The van der Waals surface area contributed by atoms with Crippen LogP contribution in [0.1, 0.15) is 45.6 Å². The average molecular weight is 868 g/mol. The van der Waals surface area contributed by atoms with Crippen molar-refractivity contribution in [3.05, 3.63) is 205 Å². The first-order valence-electron chi connectivity index (χ1n) is 27.4. The van der Waals surface area contributed by atoms with Crippen LogP contribution in [-0.2, 0) is 6.37 Å². The second-order valence-electron chi connectivity index (χ2n) is 16.8. The summed E-state index contributed by atoms with van der Waals surface area (Å²) in [6.45, 7) is -1.59. The number of benzene rings is 8. The molecule has 0 amide bonds. The van der Waals surface area contributed by atoms with Crippen molar-refractivity contribution >= 4 is 44.6 Å². The van der Waals surface area contributed by atoms with E-state index in [4.69, 9.17) is 24.1 Å². The fraction of sp³-hybridized carbons (Fsp3) is 0.117. The van der Waals surface area contributed by atoms with E-state index >= 15 is 0 Å². The summed E-state index contributed by atoms with van der Waals surface area (Å²) in [5.74, 6) is 1.16. The Morgan fingerprint density at radius 3 is 2.14 bits per heavy atom. The van der Waals surface area contributed by atoms with Gasteiger partial charge >= 0.3 is 0 Å². The predicted molar refractivity (Wildman–Crippen MR) is 272 cm³/mol. The maximum absolute atomic E-state index is 9.55. The van der Waals surface area contributed by atoms with E-state index in [1.165, 1.54) is 16.8 Å². The molecular weight excluding hydrogens is 809 g/mol. The van der Waals surface area contributed by atoms with Gasteiger partial charge < -0.3 is 19.3 Å². The molecule has 0 spiro atoms. The molecule has 2 aromatic heterocycles. The van der Waals surface area contributed by atoms with Crippen molar-refractivity contribution < 1.29 is 24.6 Å². The average Bonchev–Trinajstić information content (AvgIpc) is 4.00. The van der Waals surface area contributed by atoms with Gasteiger partial charge in [-0.25, -0.2) is 4.98 Å². The zero-order valence-corrected chi connectivity index (χ0v) is 36.1. The summed E-state index contributed by atoms with van der Waals surface area (Å²) < 4.78 is 114. The Labute approximate surface area is 401 Å². The third-order valence-corrected chi connectivity index (χ3v) is 12.2. The molecule has 0 fully saturated rings. The van der Waals surface area contributed by atoms with Crippen molar-refractivity contribution in [2.24, 2.45) is 5.92 Å². The molecule has 0 saturated heterocycles. The Kier molecular flexibility index (Phi) is 7.06. The topological polar surface area (TPSA) is 42.8 Å². The normalized spacial score (nSPS) is 15.9. The van der Waals surface area contributed by atoms with Crippen LogP contribution in [0.4, 0.5) is 22.7 Å². The van der Waals surface area contributed by atoms with Crippen molar-refractivity contribution in [1.82, 2.24) is 9.55 Å². The highest BCUT2D eigenvalue weighted by atomic mass is 16.5. The van der Waals surface area contributed by atoms with Gasteiger partial charge in [-0.15, -0.1) is 0 Å². The molecule has 0 N–H and O–H groups in total. The van der Waals surface area contributed by atoms with Crippen molar-refractivity contribution in [2.45, 2.75) is 33.9 Å². The lowest BCUT2D eigenvalue weighted by Gasteiger charge is -2.29. The monoisotopic (exact) mass is 867 g/mol. The zero-order valence-electron chi connectivity index (χ0n) is 47.1. The molecule has 0 unspecified atom stereocenters. The molecule has 3 aliphatic heterocycles. The number of hydrogen-bond acceptors (Lipinski definition) is 5. The largest absolute Gasteiger partial charge is 0.457 e. The van der Waals surface area contributed by atoms with Crippen LogP contribution in [0.3, 0.4) is 0 Å². The number of anilines is 4. The molecule has 320 valence electrons. The van der Waals surface area contributed by atoms with Gasteiger partial charge in [-0.1, -0.05) is 110 Å². The summed E-state index contributed by atoms with van der Waals surface area (Å²) in [6.07, 6.45) is -0.335. The van der Waals surface area contributed by atoms with E-state index in [9.17, 15) is 5.48 Å². The first-order valence-corrected chi connectivity index (χ1v) is 21.9. The van der Waals surface area contributed by atoms with Crippen LogP contribution >= 0.6 is 0 Å². The lowest BCUT2D eigenvalue weighted by Crippen LogP contribution is -2.25. The second-order valence-corrected chi connectivity index (χ2v) is 16.8. The summed E-state index contributed by atoms with van der Waals surface area (Å²) in [5.41, 5.74) is 7.17. The Morgan fingerprint density at radius 1 is 0.621 bits per heavy atom. The summed E-state index contributed by atoms with van der Waals surface area (Å²) >= 11 is 0. The van der Waals surface area contributed by atoms with Gasteiger partial charge in [-0.2, -0.15) is 0 Å². The van der Waals surface area contributed by atoms with Crippen LogP contribution in [0.2, 0.25) is 0 Å². The first-order chi connectivity index (χ1) is 36.8. The van der Waals surface area contributed by atoms with Gasteiger partial charge in [-0.3, -0.25) is 4.57 Å². The molecule has 8 aromatic carbocycles. The number of aryl methyl sites for hydroxylation is 1. The van der Waals surface area contributed by atoms with Crippen molar-refractivity contribution in [1.29, 1.82) is 0 Å². The van der Waals surface area contributed by atoms with Crippen molar-refractivity contribution in [3.63, 3.8) is 0 Å². The third kappa shape index (κ3) is 6.76. The molecule has 0 atom stereocenters. The molecule has 0 saturated carbocycles. The van der Waals surface area contributed by atoms with Gasteiger partial charge in [0.2, 0.25) is 0 Å². The maximum Gasteiger partial charge on any atom is 0.137 e. The summed E-state index contributed by atoms with van der Waals surface area (Å²) in [7, 11) is 0. The molecule has 66 heavy (non-hydrogen) atoms. The fourth-order valence-electron chi connectivity index (χ4n) is 9.41. The van der Waals surface area contributed by atoms with E-state index in [1.54, 1.807) is 42.5 Å². The number of fused-ring (bicyclic) bond motifs is 5. The van der Waals surface area contributed by atoms with Gasteiger partial charge in [0, 0.05) is 73.6 Å². The molecule has 5 heterocycles. The van der Waals surface area contributed by atoms with E-state index < -0.39 is 49.7 Å². The second kappa shape index (κ2) is 15.9. The predicted octanol–water partition coefficient (Wildman–Crippen LogP) is 16.1. The maximum atomic E-state index is 9.55. The Hall–Kier alpha value is -8.09. The summed E-state index contributed by atoms with van der Waals surface area (Å²) in [5, 5.41) is 0.459. The minimum Gasteiger partial charge on any atom is -0.457 e. The number of nitrogens with zero attached hydrogens (tertiary/aromatic N) is 4. The van der Waals surface area contributed by atoms with Crippen molar-refractivity contribution in [2.75, 3.05) is 16.5 Å². The van der Waals surface area contributed by atoms with E-state index in [2.05, 4.69) is 21.9 Å². The highest BCUT2D eigenvalue weighted by Gasteiger charge is 2.33. The van der Waals surface area contributed by atoms with Crippen LogP contribution in [0.25, 0.3) is 61.0 Å². The van der Waals surface area contributed by atoms with Gasteiger partial charge in [0.1, 0.15) is 35.5 Å². The van der Waals surface area contributed by atoms with E-state index in [-0.39, 0.29) is 27.8 Å². The van der Waals surface area contributed by atoms with E-state index in [0.717, 1.165) is 33.9 Å². The van der Waals surface area contributed by atoms with Crippen LogP contribution in [-0.4, -0.2) is 16.2 Å². The smallest absolute Gasteiger partial charge is 0.137 e. The Bertz CT molecular complexity index is 4020. The Balaban J connectivity index is 1.17. The molecular formula is C60H48N4O2. The molecule has 8 bridgehead atoms. The summed E-state index contributed by atoms with van der Waals surface area (Å²) in [6, 6.07) is 49.1. The highest BCUT2D eigenvalue weighted by Crippen LogP contribution is 2.53. The Morgan fingerprint density at radius 2 is 1.35 bits per heavy atom. The van der Waals surface area contributed by atoms with Crippen LogP contribution in [0, 0.1) is 19.6 Å². The molecule has 10 aromatic rings. The van der Waals surface area contributed by atoms with Gasteiger partial charge in [-0.05, 0) is 121 Å². The molecule has 6 nitrogen and oxygen atoms in total. The number of hydrogen-bond donors (Lipinski definition) is 0. The molecule has 0 aliphatic carbocycles. The minimum atomic E-state index is -2.89. The van der Waals surface area contributed by atoms with Gasteiger partial charge in [0.05, 0.1) is 32.2 Å². The molecule has 13 rings (SSSR count). The fourth-order valence-corrected chi connectivity index (χ4v) is 9.41. The first kappa shape index (κ1) is 29.4. The highest BCUT2D eigenvalue weighted by molar-refractivity contribution is 6.10. The molecule has 3 aliphatic rings. The van der Waals surface area contributed by atoms with Gasteiger partial charge in [0.25, 0.3) is 0 Å². The van der Waals surface area contributed by atoms with Crippen LogP contribution in [0.5, 0.6) is 23.0 Å². The number of rotatable bonds is 3. The van der Waals surface area contributed by atoms with Gasteiger partial charge in [0.15, 0.2) is 0 Å². The lowest BCUT2D eigenvalue weighted by molar-refractivity contribution is 0.483. The molecule has 0 radical (unpaired) electrons. The lowest BCUT2D eigenvalue weighted by atomic mass is 9.89. The summed E-state index contributed by atoms with van der Waals surface area (Å²) in [4.78, 5) is 9.33. The van der Waals surface area contributed by atoms with Crippen LogP contribution in [0.15, 0.2) is 188 Å². The zero-order chi connectivity index (χ0) is 53.9.